The summed E-state index contributed by atoms with van der Waals surface area (Å²) in [4.78, 5) is 0. The van der Waals surface area contributed by atoms with Crippen molar-refractivity contribution < 1.29 is 0 Å². The lowest BCUT2D eigenvalue weighted by molar-refractivity contribution is -0.516. The van der Waals surface area contributed by atoms with E-state index in [4.69, 9.17) is 0 Å². The molecule has 0 N–H and O–H groups in total. The minimum Gasteiger partial charge on any atom is -0.0879 e. The maximum Gasteiger partial charge on any atom is -0.00566 e. The lowest BCUT2D eigenvalue weighted by atomic mass is 9.00. The Morgan fingerprint density at radius 1 is 0.778 bits per heavy atom. The first kappa shape index (κ1) is 8.19. The quantitative estimate of drug-likeness (QED) is 0.598. The van der Waals surface area contributed by atoms with E-state index in [0.29, 0.717) is 0 Å². The SMILES string of the molecule is C1=CC[C@]23[C@@H]4[C@H]5[C@@H]6[C@H]4[C@]2(C1)[C@H]6c1ccccc1[C@@H]53. The fraction of sp³-hybridized carbons (Fsp3) is 0.556. The Balaban J connectivity index is 1.63. The van der Waals surface area contributed by atoms with Crippen LogP contribution in [0.4, 0.5) is 0 Å². The van der Waals surface area contributed by atoms with Gasteiger partial charge in [0, 0.05) is 0 Å². The normalized spacial score (nSPS) is 65.6. The first-order chi connectivity index (χ1) is 8.93. The Labute approximate surface area is 107 Å². The summed E-state index contributed by atoms with van der Waals surface area (Å²) >= 11 is 0. The van der Waals surface area contributed by atoms with Crippen molar-refractivity contribution in [1.82, 2.24) is 0 Å². The van der Waals surface area contributed by atoms with E-state index in [0.717, 1.165) is 46.3 Å². The van der Waals surface area contributed by atoms with Gasteiger partial charge in [0.15, 0.2) is 0 Å². The van der Waals surface area contributed by atoms with E-state index in [9.17, 15) is 0 Å². The summed E-state index contributed by atoms with van der Waals surface area (Å²) in [6.07, 6.45) is 7.85. The van der Waals surface area contributed by atoms with E-state index in [1.165, 1.54) is 12.8 Å². The molecule has 0 aromatic heterocycles. The topological polar surface area (TPSA) is 0 Å². The molecular formula is C18H16. The van der Waals surface area contributed by atoms with Gasteiger partial charge in [0.25, 0.3) is 0 Å². The highest BCUT2D eigenvalue weighted by molar-refractivity contribution is 5.62. The van der Waals surface area contributed by atoms with Crippen molar-refractivity contribution in [1.29, 1.82) is 0 Å². The molecule has 1 aromatic rings. The molecule has 2 spiro atoms. The molecule has 0 nitrogen and oxygen atoms in total. The van der Waals surface area contributed by atoms with Crippen molar-refractivity contribution in [2.75, 3.05) is 0 Å². The van der Waals surface area contributed by atoms with Crippen LogP contribution in [0.3, 0.4) is 0 Å². The first-order valence-corrected chi connectivity index (χ1v) is 7.67. The van der Waals surface area contributed by atoms with E-state index in [1.54, 1.807) is 11.1 Å². The van der Waals surface area contributed by atoms with Crippen LogP contribution >= 0.6 is 0 Å². The molecule has 4 fully saturated rings. The van der Waals surface area contributed by atoms with Gasteiger partial charge in [0.05, 0.1) is 0 Å². The predicted molar refractivity (Wildman–Crippen MR) is 69.1 cm³/mol. The summed E-state index contributed by atoms with van der Waals surface area (Å²) < 4.78 is 0. The average Bonchev–Trinajstić information content (AvgIpc) is 2.40. The standard InChI is InChI=1S/C18H16/c1-2-6-10-9(5-1)13-11-12-14(10)18-8-4-3-7-17(13,18)15(11)16(12)18/h1-6,11-16H,7-8H2/t11-,12-,13-,14-,15+,16+,17-,18-/m0/s1. The number of hydrogen-bond donors (Lipinski definition) is 0. The third-order valence-corrected chi connectivity index (χ3v) is 8.34. The second-order valence-electron chi connectivity index (χ2n) is 7.75. The minimum atomic E-state index is 0.755. The molecule has 0 heterocycles. The molecule has 18 heavy (non-hydrogen) atoms. The Hall–Kier alpha value is -1.04. The van der Waals surface area contributed by atoms with E-state index in [2.05, 4.69) is 36.4 Å². The molecule has 0 aliphatic heterocycles. The molecule has 1 aromatic carbocycles. The van der Waals surface area contributed by atoms with Gasteiger partial charge in [-0.15, -0.1) is 0 Å². The maximum atomic E-state index is 2.52. The van der Waals surface area contributed by atoms with Crippen LogP contribution in [-0.2, 0) is 0 Å². The second kappa shape index (κ2) is 1.94. The van der Waals surface area contributed by atoms with Crippen LogP contribution in [0, 0.1) is 34.5 Å². The number of rotatable bonds is 0. The van der Waals surface area contributed by atoms with Crippen molar-refractivity contribution in [3.05, 3.63) is 47.5 Å². The molecule has 0 unspecified atom stereocenters. The minimum absolute atomic E-state index is 0.755. The Kier molecular flexibility index (Phi) is 0.881. The Morgan fingerprint density at radius 3 is 1.78 bits per heavy atom. The molecule has 88 valence electrons. The highest BCUT2D eigenvalue weighted by Crippen LogP contribution is 3.05. The number of hydrogen-bond acceptors (Lipinski definition) is 0. The number of allylic oxidation sites excluding steroid dienone is 2. The van der Waals surface area contributed by atoms with Crippen LogP contribution in [-0.4, -0.2) is 0 Å². The predicted octanol–water partition coefficient (Wildman–Crippen LogP) is 3.71. The molecule has 4 saturated carbocycles. The Morgan fingerprint density at radius 2 is 1.28 bits per heavy atom. The van der Waals surface area contributed by atoms with Crippen molar-refractivity contribution in [3.8, 4) is 0 Å². The van der Waals surface area contributed by atoms with Crippen molar-refractivity contribution in [2.45, 2.75) is 24.7 Å². The highest BCUT2D eigenvalue weighted by atomic mass is 15.0. The molecule has 8 atom stereocenters. The van der Waals surface area contributed by atoms with Crippen LogP contribution in [0.25, 0.3) is 0 Å². The average molecular weight is 232 g/mol. The maximum absolute atomic E-state index is 2.52. The lowest BCUT2D eigenvalue weighted by Crippen LogP contribution is -2.98. The molecular weight excluding hydrogens is 216 g/mol. The van der Waals surface area contributed by atoms with Crippen LogP contribution in [0.2, 0.25) is 0 Å². The van der Waals surface area contributed by atoms with Crippen molar-refractivity contribution >= 4 is 0 Å². The van der Waals surface area contributed by atoms with E-state index >= 15 is 0 Å². The Bertz CT molecular complexity index is 613. The molecule has 7 aliphatic rings. The molecule has 0 saturated heterocycles. The summed E-state index contributed by atoms with van der Waals surface area (Å²) in [5, 5.41) is 0. The summed E-state index contributed by atoms with van der Waals surface area (Å²) in [6, 6.07) is 9.48. The zero-order chi connectivity index (χ0) is 11.3. The largest absolute Gasteiger partial charge is 0.0879 e. The van der Waals surface area contributed by atoms with E-state index in [-0.39, 0.29) is 0 Å². The smallest absolute Gasteiger partial charge is 0.00566 e. The lowest BCUT2D eigenvalue weighted by Gasteiger charge is -3.03. The molecule has 0 heteroatoms. The number of benzene rings is 1. The van der Waals surface area contributed by atoms with Crippen LogP contribution in [0.15, 0.2) is 36.4 Å². The first-order valence-electron chi connectivity index (χ1n) is 7.67. The molecule has 8 rings (SSSR count). The van der Waals surface area contributed by atoms with Gasteiger partial charge in [0.2, 0.25) is 0 Å². The van der Waals surface area contributed by atoms with Gasteiger partial charge < -0.3 is 0 Å². The summed E-state index contributed by atoms with van der Waals surface area (Å²) in [7, 11) is 0. The van der Waals surface area contributed by atoms with E-state index < -0.39 is 0 Å². The molecule has 0 radical (unpaired) electrons. The molecule has 7 aliphatic carbocycles. The second-order valence-corrected chi connectivity index (χ2v) is 7.75. The summed E-state index contributed by atoms with van der Waals surface area (Å²) in [6.45, 7) is 0. The summed E-state index contributed by atoms with van der Waals surface area (Å²) in [5.74, 6) is 6.46. The van der Waals surface area contributed by atoms with Crippen LogP contribution < -0.4 is 0 Å². The van der Waals surface area contributed by atoms with Crippen LogP contribution in [0.5, 0.6) is 0 Å². The van der Waals surface area contributed by atoms with Gasteiger partial charge in [-0.05, 0) is 70.3 Å². The van der Waals surface area contributed by atoms with Gasteiger partial charge in [-0.25, -0.2) is 0 Å². The zero-order valence-corrected chi connectivity index (χ0v) is 10.3. The van der Waals surface area contributed by atoms with Crippen molar-refractivity contribution in [2.24, 2.45) is 34.5 Å². The fourth-order valence-corrected chi connectivity index (χ4v) is 8.48. The van der Waals surface area contributed by atoms with Crippen molar-refractivity contribution in [3.63, 3.8) is 0 Å². The van der Waals surface area contributed by atoms with Gasteiger partial charge in [-0.3, -0.25) is 0 Å². The van der Waals surface area contributed by atoms with Crippen LogP contribution in [0.1, 0.15) is 35.8 Å². The third-order valence-electron chi connectivity index (χ3n) is 8.34. The summed E-state index contributed by atoms with van der Waals surface area (Å²) in [5.41, 5.74) is 5.04. The highest BCUT2D eigenvalue weighted by Gasteiger charge is 3.00. The zero-order valence-electron chi connectivity index (χ0n) is 10.3. The van der Waals surface area contributed by atoms with Gasteiger partial charge in [-0.2, -0.15) is 0 Å². The van der Waals surface area contributed by atoms with Gasteiger partial charge in [-0.1, -0.05) is 36.4 Å². The van der Waals surface area contributed by atoms with Gasteiger partial charge >= 0.3 is 0 Å². The van der Waals surface area contributed by atoms with E-state index in [1.807, 2.05) is 0 Å². The molecule has 0 amide bonds. The third kappa shape index (κ3) is 0.414. The van der Waals surface area contributed by atoms with Gasteiger partial charge in [0.1, 0.15) is 0 Å². The monoisotopic (exact) mass is 232 g/mol. The molecule has 2 bridgehead atoms. The fourth-order valence-electron chi connectivity index (χ4n) is 8.48.